The van der Waals surface area contributed by atoms with E-state index < -0.39 is 29.7 Å². The summed E-state index contributed by atoms with van der Waals surface area (Å²) in [4.78, 5) is 27.4. The Balaban J connectivity index is 1.66. The predicted molar refractivity (Wildman–Crippen MR) is 139 cm³/mol. The summed E-state index contributed by atoms with van der Waals surface area (Å²) in [6, 6.07) is 15.9. The Hall–Kier alpha value is -3.53. The van der Waals surface area contributed by atoms with Crippen LogP contribution in [0, 0.1) is 0 Å². The van der Waals surface area contributed by atoms with Gasteiger partial charge in [0.15, 0.2) is 0 Å². The first-order valence-electron chi connectivity index (χ1n) is 12.4. The zero-order chi connectivity index (χ0) is 29.2. The summed E-state index contributed by atoms with van der Waals surface area (Å²) in [6.07, 6.45) is -7.48. The Labute approximate surface area is 232 Å². The summed E-state index contributed by atoms with van der Waals surface area (Å²) >= 11 is 6.08. The zero-order valence-corrected chi connectivity index (χ0v) is 22.1. The van der Waals surface area contributed by atoms with Gasteiger partial charge in [-0.15, -0.1) is 0 Å². The van der Waals surface area contributed by atoms with Crippen molar-refractivity contribution >= 4 is 29.1 Å². The molecule has 0 N–H and O–H groups in total. The van der Waals surface area contributed by atoms with Gasteiger partial charge < -0.3 is 9.80 Å². The quantitative estimate of drug-likeness (QED) is 0.256. The lowest BCUT2D eigenvalue weighted by Gasteiger charge is -2.27. The van der Waals surface area contributed by atoms with Crippen LogP contribution in [0.15, 0.2) is 66.7 Å². The monoisotopic (exact) mass is 582 g/mol. The van der Waals surface area contributed by atoms with Gasteiger partial charge >= 0.3 is 18.3 Å². The first kappa shape index (κ1) is 29.5. The number of carbonyl (C=O) groups excluding carboxylic acids is 2. The van der Waals surface area contributed by atoms with E-state index in [1.54, 1.807) is 0 Å². The minimum absolute atomic E-state index is 0.0334. The maximum absolute atomic E-state index is 13.8. The molecule has 0 saturated heterocycles. The number of hydrogen-bond donors (Lipinski definition) is 0. The second kappa shape index (κ2) is 11.5. The van der Waals surface area contributed by atoms with E-state index in [1.807, 2.05) is 24.3 Å². The first-order chi connectivity index (χ1) is 18.7. The fourth-order valence-corrected chi connectivity index (χ4v) is 4.57. The van der Waals surface area contributed by atoms with Crippen molar-refractivity contribution in [3.05, 3.63) is 99.6 Å². The predicted octanol–water partition coefficient (Wildman–Crippen LogP) is 7.65. The molecular weight excluding hydrogens is 558 g/mol. The number of alkyl halides is 6. The third-order valence-electron chi connectivity index (χ3n) is 6.71. The maximum atomic E-state index is 13.8. The third kappa shape index (κ3) is 7.15. The van der Waals surface area contributed by atoms with E-state index in [4.69, 9.17) is 11.6 Å². The Morgan fingerprint density at radius 1 is 0.900 bits per heavy atom. The van der Waals surface area contributed by atoms with Gasteiger partial charge in [-0.25, -0.2) is 0 Å². The number of nitrogens with zero attached hydrogens (tertiary/aromatic N) is 2. The van der Waals surface area contributed by atoms with Crippen LogP contribution in [-0.4, -0.2) is 36.5 Å². The summed E-state index contributed by atoms with van der Waals surface area (Å²) < 4.78 is 79.2. The lowest BCUT2D eigenvalue weighted by molar-refractivity contribution is -0.170. The van der Waals surface area contributed by atoms with Gasteiger partial charge in [0.05, 0.1) is 16.8 Å². The molecule has 0 heterocycles. The Morgan fingerprint density at radius 3 is 2.17 bits per heavy atom. The van der Waals surface area contributed by atoms with Crippen LogP contribution in [0.2, 0.25) is 5.02 Å². The molecule has 1 aliphatic rings. The van der Waals surface area contributed by atoms with E-state index in [2.05, 4.69) is 0 Å². The number of halogens is 7. The molecule has 0 aromatic heterocycles. The van der Waals surface area contributed by atoms with Gasteiger partial charge in [0.2, 0.25) is 0 Å². The summed E-state index contributed by atoms with van der Waals surface area (Å²) in [6.45, 7) is -0.0148. The van der Waals surface area contributed by atoms with Crippen LogP contribution in [0.5, 0.6) is 0 Å². The number of carbonyl (C=O) groups is 2. The Bertz CT molecular complexity index is 1380. The summed E-state index contributed by atoms with van der Waals surface area (Å²) in [5, 5.41) is 0.0616. The van der Waals surface area contributed by atoms with Crippen LogP contribution in [0.1, 0.15) is 51.4 Å². The van der Waals surface area contributed by atoms with Gasteiger partial charge in [-0.05, 0) is 66.1 Å². The zero-order valence-electron chi connectivity index (χ0n) is 21.3. The van der Waals surface area contributed by atoms with Crippen molar-refractivity contribution < 1.29 is 35.9 Å². The molecule has 0 unspecified atom stereocenters. The summed E-state index contributed by atoms with van der Waals surface area (Å²) in [5.41, 5.74) is 0.839. The molecule has 4 rings (SSSR count). The molecule has 0 atom stereocenters. The van der Waals surface area contributed by atoms with Crippen molar-refractivity contribution in [1.29, 1.82) is 0 Å². The molecule has 0 spiro atoms. The van der Waals surface area contributed by atoms with Crippen LogP contribution in [0.25, 0.3) is 0 Å². The second-order valence-corrected chi connectivity index (χ2v) is 10.2. The molecule has 0 bridgehead atoms. The normalized spacial score (nSPS) is 13.7. The van der Waals surface area contributed by atoms with Crippen molar-refractivity contribution in [2.45, 2.75) is 44.1 Å². The van der Waals surface area contributed by atoms with E-state index >= 15 is 0 Å². The van der Waals surface area contributed by atoms with Gasteiger partial charge in [0, 0.05) is 25.2 Å². The van der Waals surface area contributed by atoms with Gasteiger partial charge in [0.1, 0.15) is 0 Å². The molecule has 40 heavy (non-hydrogen) atoms. The third-order valence-corrected chi connectivity index (χ3v) is 6.95. The summed E-state index contributed by atoms with van der Waals surface area (Å²) in [7, 11) is 0.902. The van der Waals surface area contributed by atoms with Crippen LogP contribution in [0.4, 0.5) is 32.0 Å². The van der Waals surface area contributed by atoms with Crippen molar-refractivity contribution in [3.8, 4) is 0 Å². The Morgan fingerprint density at radius 2 is 1.57 bits per heavy atom. The van der Waals surface area contributed by atoms with Crippen molar-refractivity contribution in [2.24, 2.45) is 0 Å². The average Bonchev–Trinajstić information content (AvgIpc) is 3.75. The van der Waals surface area contributed by atoms with Crippen LogP contribution in [-0.2, 0) is 23.9 Å². The second-order valence-electron chi connectivity index (χ2n) is 9.71. The van der Waals surface area contributed by atoms with E-state index in [9.17, 15) is 35.9 Å². The molecule has 1 fully saturated rings. The van der Waals surface area contributed by atoms with E-state index in [1.165, 1.54) is 29.2 Å². The highest BCUT2D eigenvalue weighted by Gasteiger charge is 2.42. The lowest BCUT2D eigenvalue weighted by Crippen LogP contribution is -2.40. The van der Waals surface area contributed by atoms with Crippen LogP contribution >= 0.6 is 11.6 Å². The summed E-state index contributed by atoms with van der Waals surface area (Å²) in [5.74, 6) is -2.39. The molecule has 1 aliphatic carbocycles. The van der Waals surface area contributed by atoms with Gasteiger partial charge in [-0.3, -0.25) is 9.59 Å². The van der Waals surface area contributed by atoms with Crippen molar-refractivity contribution in [3.63, 3.8) is 0 Å². The molecule has 11 heteroatoms. The Kier molecular flexibility index (Phi) is 8.49. The number of anilines is 1. The molecule has 1 saturated carbocycles. The minimum atomic E-state index is -5.18. The topological polar surface area (TPSA) is 40.6 Å². The number of amides is 2. The van der Waals surface area contributed by atoms with Gasteiger partial charge in [-0.1, -0.05) is 54.1 Å². The molecule has 3 aromatic carbocycles. The smallest absolute Gasteiger partial charge is 0.334 e. The molecule has 4 nitrogen and oxygen atoms in total. The number of hydrogen-bond acceptors (Lipinski definition) is 2. The number of benzene rings is 3. The molecule has 0 radical (unpaired) electrons. The SMILES string of the molecule is CN(C(=O)C(F)(F)F)c1ccc(Cl)cc1C(=O)N(CCc1cccc(C(F)(F)F)c1)Cc1ccc(C2CC2)cc1. The fraction of sp³-hybridized carbons (Fsp3) is 0.310. The minimum Gasteiger partial charge on any atom is -0.334 e. The average molecular weight is 583 g/mol. The van der Waals surface area contributed by atoms with Gasteiger partial charge in [-0.2, -0.15) is 26.3 Å². The first-order valence-corrected chi connectivity index (χ1v) is 12.8. The van der Waals surface area contributed by atoms with Crippen LogP contribution < -0.4 is 4.90 Å². The fourth-order valence-electron chi connectivity index (χ4n) is 4.39. The highest BCUT2D eigenvalue weighted by molar-refractivity contribution is 6.31. The van der Waals surface area contributed by atoms with Crippen molar-refractivity contribution in [2.75, 3.05) is 18.5 Å². The molecule has 3 aromatic rings. The highest BCUT2D eigenvalue weighted by atomic mass is 35.5. The van der Waals surface area contributed by atoms with E-state index in [0.29, 0.717) is 16.4 Å². The standard InChI is InChI=1S/C29H25ClF6N2O2/c1-37(27(40)29(34,35)36)25-12-11-23(30)16-24(25)26(39)38(17-19-5-7-20(8-6-19)21-9-10-21)14-13-18-3-2-4-22(15-18)28(31,32)33/h2-8,11-12,15-16,21H,9-10,13-14,17H2,1H3. The maximum Gasteiger partial charge on any atom is 0.471 e. The molecule has 0 aliphatic heterocycles. The van der Waals surface area contributed by atoms with Crippen LogP contribution in [0.3, 0.4) is 0 Å². The largest absolute Gasteiger partial charge is 0.471 e. The van der Waals surface area contributed by atoms with E-state index in [-0.39, 0.29) is 35.8 Å². The molecule has 212 valence electrons. The van der Waals surface area contributed by atoms with E-state index in [0.717, 1.165) is 49.2 Å². The molecular formula is C29H25ClF6N2O2. The highest BCUT2D eigenvalue weighted by Crippen LogP contribution is 2.40. The van der Waals surface area contributed by atoms with Gasteiger partial charge in [0.25, 0.3) is 5.91 Å². The number of rotatable bonds is 8. The lowest BCUT2D eigenvalue weighted by atomic mass is 10.0. The molecule has 2 amide bonds. The van der Waals surface area contributed by atoms with Crippen molar-refractivity contribution in [1.82, 2.24) is 4.90 Å².